The van der Waals surface area contributed by atoms with E-state index in [1.54, 1.807) is 0 Å². The Morgan fingerprint density at radius 3 is 2.92 bits per heavy atom. The number of rotatable bonds is 7. The summed E-state index contributed by atoms with van der Waals surface area (Å²) < 4.78 is 4.77. The molecule has 12 heavy (non-hydrogen) atoms. The molecule has 0 fully saturated rings. The summed E-state index contributed by atoms with van der Waals surface area (Å²) in [4.78, 5) is 10.5. The zero-order valence-electron chi connectivity index (χ0n) is 7.64. The standard InChI is InChI=1S/C9H17NO2/c1-3-6-10-7-5-8-12-9(11)4-2/h4,10H,2-3,5-8H2,1H3. The number of carbonyl (C=O) groups is 1. The highest BCUT2D eigenvalue weighted by Gasteiger charge is 1.93. The van der Waals surface area contributed by atoms with Crippen molar-refractivity contribution in [1.29, 1.82) is 0 Å². The van der Waals surface area contributed by atoms with Crippen LogP contribution in [0.5, 0.6) is 0 Å². The maximum absolute atomic E-state index is 10.5. The van der Waals surface area contributed by atoms with Gasteiger partial charge in [-0.25, -0.2) is 4.79 Å². The second-order valence-corrected chi connectivity index (χ2v) is 2.48. The van der Waals surface area contributed by atoms with Gasteiger partial charge in [0.1, 0.15) is 0 Å². The molecule has 70 valence electrons. The molecular formula is C9H17NO2. The Morgan fingerprint density at radius 1 is 1.58 bits per heavy atom. The average molecular weight is 171 g/mol. The quantitative estimate of drug-likeness (QED) is 0.354. The van der Waals surface area contributed by atoms with Gasteiger partial charge in [0, 0.05) is 6.08 Å². The highest BCUT2D eigenvalue weighted by molar-refractivity contribution is 5.81. The second kappa shape index (κ2) is 8.27. The summed E-state index contributed by atoms with van der Waals surface area (Å²) in [6.45, 7) is 7.81. The first-order valence-corrected chi connectivity index (χ1v) is 4.31. The third-order valence-electron chi connectivity index (χ3n) is 1.34. The van der Waals surface area contributed by atoms with Gasteiger partial charge in [0.05, 0.1) is 6.61 Å². The van der Waals surface area contributed by atoms with E-state index < -0.39 is 0 Å². The molecule has 0 aliphatic carbocycles. The maximum Gasteiger partial charge on any atom is 0.330 e. The van der Waals surface area contributed by atoms with Crippen molar-refractivity contribution in [2.24, 2.45) is 0 Å². The first-order chi connectivity index (χ1) is 5.81. The summed E-state index contributed by atoms with van der Waals surface area (Å²) in [5, 5.41) is 3.21. The largest absolute Gasteiger partial charge is 0.462 e. The van der Waals surface area contributed by atoms with Crippen LogP contribution in [0.1, 0.15) is 19.8 Å². The Bertz CT molecular complexity index is 134. The molecule has 0 saturated carbocycles. The molecule has 0 aromatic carbocycles. The Hall–Kier alpha value is -0.830. The molecule has 0 aromatic rings. The zero-order chi connectivity index (χ0) is 9.23. The predicted molar refractivity (Wildman–Crippen MR) is 48.9 cm³/mol. The molecule has 3 heteroatoms. The monoisotopic (exact) mass is 171 g/mol. The third-order valence-corrected chi connectivity index (χ3v) is 1.34. The van der Waals surface area contributed by atoms with E-state index in [2.05, 4.69) is 18.8 Å². The Labute approximate surface area is 73.8 Å². The van der Waals surface area contributed by atoms with Crippen LogP contribution in [0.3, 0.4) is 0 Å². The molecule has 0 spiro atoms. The number of hydrogen-bond acceptors (Lipinski definition) is 3. The molecule has 1 N–H and O–H groups in total. The van der Waals surface area contributed by atoms with Crippen LogP contribution in [-0.4, -0.2) is 25.7 Å². The highest BCUT2D eigenvalue weighted by Crippen LogP contribution is 1.83. The molecule has 0 atom stereocenters. The van der Waals surface area contributed by atoms with Gasteiger partial charge in [0.25, 0.3) is 0 Å². The van der Waals surface area contributed by atoms with Crippen molar-refractivity contribution in [2.45, 2.75) is 19.8 Å². The minimum absolute atomic E-state index is 0.342. The number of nitrogens with one attached hydrogen (secondary N) is 1. The van der Waals surface area contributed by atoms with E-state index in [0.29, 0.717) is 6.61 Å². The lowest BCUT2D eigenvalue weighted by Gasteiger charge is -2.02. The molecular weight excluding hydrogens is 154 g/mol. The van der Waals surface area contributed by atoms with Crippen molar-refractivity contribution in [3.63, 3.8) is 0 Å². The van der Waals surface area contributed by atoms with Crippen molar-refractivity contribution in [1.82, 2.24) is 5.32 Å². The van der Waals surface area contributed by atoms with Gasteiger partial charge >= 0.3 is 5.97 Å². The summed E-state index contributed by atoms with van der Waals surface area (Å²) in [5.41, 5.74) is 0. The van der Waals surface area contributed by atoms with Gasteiger partial charge in [-0.05, 0) is 25.9 Å². The molecule has 0 heterocycles. The lowest BCUT2D eigenvalue weighted by molar-refractivity contribution is -0.137. The molecule has 0 unspecified atom stereocenters. The lowest BCUT2D eigenvalue weighted by atomic mass is 10.4. The normalized spacial score (nSPS) is 9.42. The summed E-state index contributed by atoms with van der Waals surface area (Å²) >= 11 is 0. The SMILES string of the molecule is C=CC(=O)OCCCNCCC. The van der Waals surface area contributed by atoms with E-state index in [0.717, 1.165) is 25.9 Å². The van der Waals surface area contributed by atoms with Crippen LogP contribution < -0.4 is 5.32 Å². The molecule has 3 nitrogen and oxygen atoms in total. The van der Waals surface area contributed by atoms with E-state index in [-0.39, 0.29) is 5.97 Å². The van der Waals surface area contributed by atoms with E-state index >= 15 is 0 Å². The molecule has 0 aromatic heterocycles. The van der Waals surface area contributed by atoms with E-state index in [1.165, 1.54) is 6.08 Å². The van der Waals surface area contributed by atoms with Crippen LogP contribution in [0.15, 0.2) is 12.7 Å². The summed E-state index contributed by atoms with van der Waals surface area (Å²) in [6, 6.07) is 0. The molecule has 0 amide bonds. The van der Waals surface area contributed by atoms with E-state index in [1.807, 2.05) is 0 Å². The number of hydrogen-bond donors (Lipinski definition) is 1. The molecule has 0 saturated heterocycles. The molecule has 0 aliphatic rings. The van der Waals surface area contributed by atoms with E-state index in [4.69, 9.17) is 4.74 Å². The minimum Gasteiger partial charge on any atom is -0.462 e. The Kier molecular flexibility index (Phi) is 7.70. The van der Waals surface area contributed by atoms with Gasteiger partial charge in [-0.1, -0.05) is 13.5 Å². The van der Waals surface area contributed by atoms with Crippen LogP contribution in [-0.2, 0) is 9.53 Å². The third kappa shape index (κ3) is 7.28. The lowest BCUT2D eigenvalue weighted by Crippen LogP contribution is -2.18. The minimum atomic E-state index is -0.342. The van der Waals surface area contributed by atoms with Gasteiger partial charge in [0.2, 0.25) is 0 Å². The Balaban J connectivity index is 3.00. The average Bonchev–Trinajstić information content (AvgIpc) is 2.10. The fourth-order valence-corrected chi connectivity index (χ4v) is 0.731. The van der Waals surface area contributed by atoms with E-state index in [9.17, 15) is 4.79 Å². The molecule has 0 rings (SSSR count). The van der Waals surface area contributed by atoms with Crippen molar-refractivity contribution >= 4 is 5.97 Å². The topological polar surface area (TPSA) is 38.3 Å². The maximum atomic E-state index is 10.5. The zero-order valence-corrected chi connectivity index (χ0v) is 7.64. The van der Waals surface area contributed by atoms with Gasteiger partial charge in [-0.2, -0.15) is 0 Å². The van der Waals surface area contributed by atoms with Gasteiger partial charge in [-0.15, -0.1) is 0 Å². The van der Waals surface area contributed by atoms with Crippen molar-refractivity contribution in [3.8, 4) is 0 Å². The van der Waals surface area contributed by atoms with Crippen LogP contribution in [0.25, 0.3) is 0 Å². The van der Waals surface area contributed by atoms with Crippen LogP contribution in [0.2, 0.25) is 0 Å². The van der Waals surface area contributed by atoms with Gasteiger partial charge < -0.3 is 10.1 Å². The van der Waals surface area contributed by atoms with Crippen LogP contribution in [0, 0.1) is 0 Å². The van der Waals surface area contributed by atoms with Gasteiger partial charge in [-0.3, -0.25) is 0 Å². The van der Waals surface area contributed by atoms with Crippen molar-refractivity contribution < 1.29 is 9.53 Å². The number of esters is 1. The molecule has 0 bridgehead atoms. The number of carbonyl (C=O) groups excluding carboxylic acids is 1. The first-order valence-electron chi connectivity index (χ1n) is 4.31. The highest BCUT2D eigenvalue weighted by atomic mass is 16.5. The second-order valence-electron chi connectivity index (χ2n) is 2.48. The van der Waals surface area contributed by atoms with Crippen LogP contribution >= 0.6 is 0 Å². The summed E-state index contributed by atoms with van der Waals surface area (Å²) in [5.74, 6) is -0.342. The van der Waals surface area contributed by atoms with Crippen LogP contribution in [0.4, 0.5) is 0 Å². The summed E-state index contributed by atoms with van der Waals surface area (Å²) in [6.07, 6.45) is 3.17. The Morgan fingerprint density at radius 2 is 2.33 bits per heavy atom. The molecule has 0 aliphatic heterocycles. The van der Waals surface area contributed by atoms with Crippen molar-refractivity contribution in [2.75, 3.05) is 19.7 Å². The van der Waals surface area contributed by atoms with Crippen molar-refractivity contribution in [3.05, 3.63) is 12.7 Å². The first kappa shape index (κ1) is 11.2. The molecule has 0 radical (unpaired) electrons. The summed E-state index contributed by atoms with van der Waals surface area (Å²) in [7, 11) is 0. The number of ether oxygens (including phenoxy) is 1. The predicted octanol–water partition coefficient (Wildman–Crippen LogP) is 1.11. The smallest absolute Gasteiger partial charge is 0.330 e. The fourth-order valence-electron chi connectivity index (χ4n) is 0.731. The fraction of sp³-hybridized carbons (Fsp3) is 0.667. The van der Waals surface area contributed by atoms with Gasteiger partial charge in [0.15, 0.2) is 0 Å².